The van der Waals surface area contributed by atoms with E-state index in [4.69, 9.17) is 11.6 Å². The van der Waals surface area contributed by atoms with Crippen LogP contribution in [0.1, 0.15) is 15.9 Å². The molecule has 1 fully saturated rings. The maximum atomic E-state index is 13.2. The summed E-state index contributed by atoms with van der Waals surface area (Å²) in [6.07, 6.45) is 1.27. The van der Waals surface area contributed by atoms with Gasteiger partial charge >= 0.3 is 0 Å². The molecule has 2 aromatic carbocycles. The normalized spacial score (nSPS) is 13.9. The number of piperazine rings is 1. The van der Waals surface area contributed by atoms with E-state index in [2.05, 4.69) is 20.2 Å². The third-order valence-corrected chi connectivity index (χ3v) is 5.46. The molecule has 1 aliphatic heterocycles. The number of hydrogen-bond acceptors (Lipinski definition) is 5. The summed E-state index contributed by atoms with van der Waals surface area (Å²) in [5.41, 5.74) is 0.978. The highest BCUT2D eigenvalue weighted by Crippen LogP contribution is 2.26. The number of carbonyl (C=O) groups excluding carboxylic acids is 1. The Morgan fingerprint density at radius 2 is 1.84 bits per heavy atom. The molecule has 0 spiro atoms. The second-order valence-electron chi connectivity index (χ2n) is 7.19. The van der Waals surface area contributed by atoms with Crippen LogP contribution in [-0.4, -0.2) is 42.1 Å². The predicted octanol–water partition coefficient (Wildman–Crippen LogP) is 2.82. The van der Waals surface area contributed by atoms with Crippen molar-refractivity contribution in [2.24, 2.45) is 0 Å². The fourth-order valence-electron chi connectivity index (χ4n) is 3.50. The first-order valence-corrected chi connectivity index (χ1v) is 10.3. The van der Waals surface area contributed by atoms with Crippen molar-refractivity contribution < 1.29 is 9.18 Å². The minimum atomic E-state index is -0.562. The summed E-state index contributed by atoms with van der Waals surface area (Å²) in [5.74, 6) is -0.524. The Kier molecular flexibility index (Phi) is 6.18. The number of carbonyl (C=O) groups is 1. The lowest BCUT2D eigenvalue weighted by molar-refractivity contribution is 0.0949. The van der Waals surface area contributed by atoms with Crippen molar-refractivity contribution in [2.45, 2.75) is 6.54 Å². The quantitative estimate of drug-likeness (QED) is 0.636. The van der Waals surface area contributed by atoms with Gasteiger partial charge in [-0.2, -0.15) is 0 Å². The van der Waals surface area contributed by atoms with Gasteiger partial charge in [0.05, 0.1) is 10.7 Å². The van der Waals surface area contributed by atoms with Crippen LogP contribution in [0.3, 0.4) is 0 Å². The molecule has 1 amide bonds. The van der Waals surface area contributed by atoms with Gasteiger partial charge < -0.3 is 15.1 Å². The van der Waals surface area contributed by atoms with Crippen molar-refractivity contribution in [3.63, 3.8) is 0 Å². The third kappa shape index (κ3) is 4.86. The molecule has 2 N–H and O–H groups in total. The molecule has 0 aliphatic carbocycles. The van der Waals surface area contributed by atoms with Gasteiger partial charge in [-0.15, -0.1) is 0 Å². The number of rotatable bonds is 5. The Morgan fingerprint density at radius 3 is 2.55 bits per heavy atom. The number of nitrogens with one attached hydrogen (secondary N) is 2. The molecule has 0 saturated carbocycles. The summed E-state index contributed by atoms with van der Waals surface area (Å²) in [5, 5.41) is 3.32. The third-order valence-electron chi connectivity index (χ3n) is 5.14. The molecule has 4 rings (SSSR count). The summed E-state index contributed by atoms with van der Waals surface area (Å²) in [4.78, 5) is 35.9. The molecular formula is C22H21ClFN5O2. The van der Waals surface area contributed by atoms with Crippen LogP contribution in [0.2, 0.25) is 5.02 Å². The van der Waals surface area contributed by atoms with Crippen molar-refractivity contribution in [3.05, 3.63) is 87.0 Å². The molecule has 160 valence electrons. The summed E-state index contributed by atoms with van der Waals surface area (Å²) in [6.45, 7) is 2.87. The van der Waals surface area contributed by atoms with Gasteiger partial charge in [0.2, 0.25) is 5.95 Å². The highest BCUT2D eigenvalue weighted by atomic mass is 35.5. The predicted molar refractivity (Wildman–Crippen MR) is 118 cm³/mol. The number of benzene rings is 2. The van der Waals surface area contributed by atoms with Gasteiger partial charge in [-0.25, -0.2) is 9.37 Å². The Hall–Kier alpha value is -3.39. The van der Waals surface area contributed by atoms with E-state index in [9.17, 15) is 14.0 Å². The number of aromatic nitrogens is 2. The molecule has 7 nitrogen and oxygen atoms in total. The zero-order valence-electron chi connectivity index (χ0n) is 16.6. The Balaban J connectivity index is 1.38. The van der Waals surface area contributed by atoms with E-state index in [1.807, 2.05) is 29.2 Å². The highest BCUT2D eigenvalue weighted by Gasteiger charge is 2.21. The first-order valence-electron chi connectivity index (χ1n) is 9.87. The monoisotopic (exact) mass is 441 g/mol. The fraction of sp³-hybridized carbons (Fsp3) is 0.227. The number of hydrogen-bond donors (Lipinski definition) is 2. The van der Waals surface area contributed by atoms with E-state index >= 15 is 0 Å². The largest absolute Gasteiger partial charge is 0.367 e. The summed E-state index contributed by atoms with van der Waals surface area (Å²) in [6, 6.07) is 13.6. The number of H-pyrrole nitrogens is 1. The van der Waals surface area contributed by atoms with Gasteiger partial charge in [0.1, 0.15) is 11.4 Å². The van der Waals surface area contributed by atoms with E-state index in [0.717, 1.165) is 18.8 Å². The summed E-state index contributed by atoms with van der Waals surface area (Å²) in [7, 11) is 0. The van der Waals surface area contributed by atoms with Gasteiger partial charge in [-0.05, 0) is 29.8 Å². The Morgan fingerprint density at radius 1 is 1.10 bits per heavy atom. The smallest absolute Gasteiger partial charge is 0.265 e. The Labute approximate surface area is 183 Å². The Bertz CT molecular complexity index is 1140. The SMILES string of the molecule is O=C(NCc1cccc(F)c1)c1cnc(N2CCN(c3ccccc3Cl)CC2)[nH]c1=O. The molecule has 1 saturated heterocycles. The first kappa shape index (κ1) is 20.9. The number of para-hydroxylation sites is 1. The lowest BCUT2D eigenvalue weighted by Gasteiger charge is -2.36. The van der Waals surface area contributed by atoms with Crippen molar-refractivity contribution in [3.8, 4) is 0 Å². The number of amides is 1. The number of aromatic amines is 1. The summed E-state index contributed by atoms with van der Waals surface area (Å²) < 4.78 is 13.2. The second kappa shape index (κ2) is 9.18. The number of nitrogens with zero attached hydrogens (tertiary/aromatic N) is 3. The zero-order chi connectivity index (χ0) is 21.8. The van der Waals surface area contributed by atoms with Gasteiger partial charge in [-0.3, -0.25) is 14.6 Å². The van der Waals surface area contributed by atoms with Crippen molar-refractivity contribution in [2.75, 3.05) is 36.0 Å². The molecule has 9 heteroatoms. The molecule has 0 atom stereocenters. The van der Waals surface area contributed by atoms with Crippen LogP contribution in [0.15, 0.2) is 59.5 Å². The topological polar surface area (TPSA) is 81.3 Å². The van der Waals surface area contributed by atoms with Crippen LogP contribution in [0.4, 0.5) is 16.0 Å². The molecule has 0 radical (unpaired) electrons. The molecule has 0 unspecified atom stereocenters. The lowest BCUT2D eigenvalue weighted by atomic mass is 10.2. The molecule has 3 aromatic rings. The maximum Gasteiger partial charge on any atom is 0.265 e. The van der Waals surface area contributed by atoms with Crippen molar-refractivity contribution >= 4 is 29.1 Å². The van der Waals surface area contributed by atoms with Crippen LogP contribution < -0.4 is 20.7 Å². The van der Waals surface area contributed by atoms with Gasteiger partial charge in [0.15, 0.2) is 0 Å². The van der Waals surface area contributed by atoms with E-state index in [-0.39, 0.29) is 17.9 Å². The zero-order valence-corrected chi connectivity index (χ0v) is 17.4. The van der Waals surface area contributed by atoms with Gasteiger partial charge in [0, 0.05) is 38.9 Å². The number of anilines is 2. The van der Waals surface area contributed by atoms with Crippen LogP contribution in [0.5, 0.6) is 0 Å². The lowest BCUT2D eigenvalue weighted by Crippen LogP contribution is -2.47. The van der Waals surface area contributed by atoms with Crippen LogP contribution >= 0.6 is 11.6 Å². The van der Waals surface area contributed by atoms with Crippen LogP contribution in [-0.2, 0) is 6.54 Å². The minimum Gasteiger partial charge on any atom is -0.367 e. The molecule has 31 heavy (non-hydrogen) atoms. The maximum absolute atomic E-state index is 13.2. The van der Waals surface area contributed by atoms with Crippen molar-refractivity contribution in [1.29, 1.82) is 0 Å². The molecule has 0 bridgehead atoms. The van der Waals surface area contributed by atoms with Gasteiger partial charge in [0.25, 0.3) is 11.5 Å². The number of halogens is 2. The van der Waals surface area contributed by atoms with Crippen LogP contribution in [0, 0.1) is 5.82 Å². The second-order valence-corrected chi connectivity index (χ2v) is 7.59. The standard InChI is InChI=1S/C22H21ClFN5O2/c23-18-6-1-2-7-19(18)28-8-10-29(11-9-28)22-26-14-17(21(31)27-22)20(30)25-13-15-4-3-5-16(24)12-15/h1-7,12,14H,8-11,13H2,(H,25,30)(H,26,27,31). The highest BCUT2D eigenvalue weighted by molar-refractivity contribution is 6.33. The molecule has 1 aliphatic rings. The van der Waals surface area contributed by atoms with E-state index < -0.39 is 11.5 Å². The first-order chi connectivity index (χ1) is 15.0. The average molecular weight is 442 g/mol. The average Bonchev–Trinajstić information content (AvgIpc) is 2.78. The molecule has 2 heterocycles. The summed E-state index contributed by atoms with van der Waals surface area (Å²) >= 11 is 6.28. The minimum absolute atomic E-state index is 0.0881. The fourth-order valence-corrected chi connectivity index (χ4v) is 3.76. The molecule has 1 aromatic heterocycles. The molecular weight excluding hydrogens is 421 g/mol. The van der Waals surface area contributed by atoms with Gasteiger partial charge in [-0.1, -0.05) is 35.9 Å². The van der Waals surface area contributed by atoms with E-state index in [1.165, 1.54) is 18.3 Å². The van der Waals surface area contributed by atoms with E-state index in [0.29, 0.717) is 29.6 Å². The van der Waals surface area contributed by atoms with E-state index in [1.54, 1.807) is 12.1 Å². The van der Waals surface area contributed by atoms with Crippen molar-refractivity contribution in [1.82, 2.24) is 15.3 Å². The van der Waals surface area contributed by atoms with Crippen LogP contribution in [0.25, 0.3) is 0 Å².